The lowest BCUT2D eigenvalue weighted by Crippen LogP contribution is -2.37. The van der Waals surface area contributed by atoms with Crippen LogP contribution in [-0.2, 0) is 17.9 Å². The maximum Gasteiger partial charge on any atom is 0.223 e. The van der Waals surface area contributed by atoms with Gasteiger partial charge >= 0.3 is 0 Å². The zero-order chi connectivity index (χ0) is 17.6. The first kappa shape index (κ1) is 24.2. The molecule has 1 saturated heterocycles. The van der Waals surface area contributed by atoms with Crippen LogP contribution in [0.2, 0.25) is 0 Å². The normalized spacial score (nSPS) is 23.8. The highest BCUT2D eigenvalue weighted by Gasteiger charge is 2.25. The predicted octanol–water partition coefficient (Wildman–Crippen LogP) is 2.62. The number of aliphatic hydroxyl groups excluding tert-OH is 1. The van der Waals surface area contributed by atoms with Crippen LogP contribution in [-0.4, -0.2) is 41.1 Å². The summed E-state index contributed by atoms with van der Waals surface area (Å²) >= 11 is 0. The highest BCUT2D eigenvalue weighted by molar-refractivity contribution is 5.85. The third-order valence-corrected chi connectivity index (χ3v) is 5.54. The van der Waals surface area contributed by atoms with Crippen molar-refractivity contribution in [1.29, 1.82) is 0 Å². The number of carbonyl (C=O) groups is 1. The monoisotopic (exact) mass is 417 g/mol. The molecule has 1 amide bonds. The number of piperidine rings is 1. The summed E-state index contributed by atoms with van der Waals surface area (Å²) in [6.07, 6.45) is 5.49. The number of aliphatic hydroxyl groups is 1. The molecule has 1 aromatic carbocycles. The van der Waals surface area contributed by atoms with Crippen molar-refractivity contribution in [2.75, 3.05) is 13.1 Å². The van der Waals surface area contributed by atoms with E-state index in [0.717, 1.165) is 63.7 Å². The molecular weight excluding hydrogens is 385 g/mol. The lowest BCUT2D eigenvalue weighted by Gasteiger charge is -2.29. The average molecular weight is 418 g/mol. The van der Waals surface area contributed by atoms with E-state index in [1.54, 1.807) is 0 Å². The maximum absolute atomic E-state index is 12.3. The molecule has 5 nitrogen and oxygen atoms in total. The molecule has 2 fully saturated rings. The van der Waals surface area contributed by atoms with E-state index in [9.17, 15) is 9.90 Å². The minimum atomic E-state index is -0.124. The number of hydrogen-bond acceptors (Lipinski definition) is 4. The quantitative estimate of drug-likeness (QED) is 0.687. The maximum atomic E-state index is 12.3. The molecule has 0 radical (unpaired) electrons. The molecular formula is C20H33Cl2N3O2. The van der Waals surface area contributed by atoms with Gasteiger partial charge in [-0.05, 0) is 43.2 Å². The van der Waals surface area contributed by atoms with Crippen molar-refractivity contribution in [2.24, 2.45) is 11.7 Å². The molecule has 1 saturated carbocycles. The number of nitrogens with zero attached hydrogens (tertiary/aromatic N) is 1. The Morgan fingerprint density at radius 3 is 2.33 bits per heavy atom. The van der Waals surface area contributed by atoms with Crippen molar-refractivity contribution >= 4 is 30.7 Å². The van der Waals surface area contributed by atoms with Crippen LogP contribution in [0.1, 0.15) is 49.7 Å². The summed E-state index contributed by atoms with van der Waals surface area (Å²) < 4.78 is 0. The second kappa shape index (κ2) is 11.9. The zero-order valence-corrected chi connectivity index (χ0v) is 17.4. The van der Waals surface area contributed by atoms with Crippen LogP contribution in [0, 0.1) is 5.92 Å². The smallest absolute Gasteiger partial charge is 0.223 e. The van der Waals surface area contributed by atoms with Gasteiger partial charge in [0.05, 0.1) is 6.10 Å². The summed E-state index contributed by atoms with van der Waals surface area (Å²) in [7, 11) is 0. The Hall–Kier alpha value is -0.850. The first-order valence-electron chi connectivity index (χ1n) is 9.61. The Morgan fingerprint density at radius 2 is 1.70 bits per heavy atom. The number of amides is 1. The summed E-state index contributed by atoms with van der Waals surface area (Å²) in [4.78, 5) is 14.7. The molecule has 0 aromatic heterocycles. The Kier molecular flexibility index (Phi) is 10.6. The number of likely N-dealkylation sites (tertiary alicyclic amines) is 1. The van der Waals surface area contributed by atoms with Gasteiger partial charge in [0.25, 0.3) is 0 Å². The lowest BCUT2D eigenvalue weighted by atomic mass is 9.85. The standard InChI is InChI=1S/C20H31N3O2.2ClH/c21-18-3-1-2-17(12-18)20(25)22-13-15-4-6-16(7-5-15)14-23-10-8-19(24)9-11-23;;/h4-7,17-19,24H,1-3,8-14,21H2,(H,22,25);2*1H. The minimum Gasteiger partial charge on any atom is -0.393 e. The van der Waals surface area contributed by atoms with E-state index in [2.05, 4.69) is 34.5 Å². The van der Waals surface area contributed by atoms with Crippen LogP contribution in [0.5, 0.6) is 0 Å². The molecule has 4 N–H and O–H groups in total. The fraction of sp³-hybridized carbons (Fsp3) is 0.650. The van der Waals surface area contributed by atoms with E-state index in [0.29, 0.717) is 6.54 Å². The number of halogens is 2. The summed E-state index contributed by atoms with van der Waals surface area (Å²) in [6, 6.07) is 8.66. The van der Waals surface area contributed by atoms with Crippen LogP contribution in [0.4, 0.5) is 0 Å². The van der Waals surface area contributed by atoms with Crippen LogP contribution in [0.3, 0.4) is 0 Å². The van der Waals surface area contributed by atoms with E-state index in [1.807, 2.05) is 0 Å². The Morgan fingerprint density at radius 1 is 1.07 bits per heavy atom. The second-order valence-corrected chi connectivity index (χ2v) is 7.67. The fourth-order valence-electron chi connectivity index (χ4n) is 3.90. The number of rotatable bonds is 5. The van der Waals surface area contributed by atoms with Gasteiger partial charge in [-0.25, -0.2) is 0 Å². The summed E-state index contributed by atoms with van der Waals surface area (Å²) in [5, 5.41) is 12.6. The molecule has 1 aliphatic carbocycles. The Labute approximate surface area is 174 Å². The molecule has 0 spiro atoms. The number of nitrogens with one attached hydrogen (secondary N) is 1. The first-order valence-corrected chi connectivity index (χ1v) is 9.61. The van der Waals surface area contributed by atoms with Gasteiger partial charge in [0.1, 0.15) is 0 Å². The third kappa shape index (κ3) is 7.59. The van der Waals surface area contributed by atoms with Crippen LogP contribution < -0.4 is 11.1 Å². The first-order chi connectivity index (χ1) is 12.1. The molecule has 154 valence electrons. The van der Waals surface area contributed by atoms with Crippen LogP contribution >= 0.6 is 24.8 Å². The number of nitrogens with two attached hydrogens (primary N) is 1. The molecule has 1 heterocycles. The molecule has 1 aliphatic heterocycles. The van der Waals surface area contributed by atoms with Crippen molar-refractivity contribution in [3.05, 3.63) is 35.4 Å². The van der Waals surface area contributed by atoms with Crippen LogP contribution in [0.25, 0.3) is 0 Å². The average Bonchev–Trinajstić information content (AvgIpc) is 2.63. The van der Waals surface area contributed by atoms with E-state index in [1.165, 1.54) is 5.56 Å². The molecule has 2 atom stereocenters. The van der Waals surface area contributed by atoms with Gasteiger partial charge in [-0.15, -0.1) is 24.8 Å². The summed E-state index contributed by atoms with van der Waals surface area (Å²) in [5.74, 6) is 0.226. The van der Waals surface area contributed by atoms with Gasteiger partial charge in [-0.3, -0.25) is 9.69 Å². The third-order valence-electron chi connectivity index (χ3n) is 5.54. The fourth-order valence-corrected chi connectivity index (χ4v) is 3.90. The van der Waals surface area contributed by atoms with Gasteiger partial charge in [0.15, 0.2) is 0 Å². The molecule has 2 aliphatic rings. The van der Waals surface area contributed by atoms with Gasteiger partial charge in [0, 0.05) is 38.1 Å². The molecule has 2 unspecified atom stereocenters. The molecule has 27 heavy (non-hydrogen) atoms. The van der Waals surface area contributed by atoms with Crippen molar-refractivity contribution in [3.8, 4) is 0 Å². The molecule has 0 bridgehead atoms. The highest BCUT2D eigenvalue weighted by Crippen LogP contribution is 2.23. The van der Waals surface area contributed by atoms with Crippen molar-refractivity contribution < 1.29 is 9.90 Å². The SMILES string of the molecule is Cl.Cl.NC1CCCC(C(=O)NCc2ccc(CN3CCC(O)CC3)cc2)C1. The predicted molar refractivity (Wildman–Crippen MR) is 113 cm³/mol. The summed E-state index contributed by atoms with van der Waals surface area (Å²) in [6.45, 7) is 3.44. The van der Waals surface area contributed by atoms with Crippen molar-refractivity contribution in [2.45, 2.75) is 63.8 Å². The Balaban J connectivity index is 0.00000182. The van der Waals surface area contributed by atoms with Crippen molar-refractivity contribution in [1.82, 2.24) is 10.2 Å². The van der Waals surface area contributed by atoms with Gasteiger partial charge in [-0.2, -0.15) is 0 Å². The number of hydrogen-bond donors (Lipinski definition) is 3. The van der Waals surface area contributed by atoms with Gasteiger partial charge in [-0.1, -0.05) is 30.7 Å². The van der Waals surface area contributed by atoms with E-state index in [4.69, 9.17) is 5.73 Å². The van der Waals surface area contributed by atoms with E-state index in [-0.39, 0.29) is 48.8 Å². The highest BCUT2D eigenvalue weighted by atomic mass is 35.5. The van der Waals surface area contributed by atoms with E-state index >= 15 is 0 Å². The van der Waals surface area contributed by atoms with Gasteiger partial charge in [0.2, 0.25) is 5.91 Å². The topological polar surface area (TPSA) is 78.6 Å². The van der Waals surface area contributed by atoms with Crippen molar-refractivity contribution in [3.63, 3.8) is 0 Å². The van der Waals surface area contributed by atoms with Gasteiger partial charge < -0.3 is 16.2 Å². The molecule has 3 rings (SSSR count). The molecule has 7 heteroatoms. The minimum absolute atomic E-state index is 0. The zero-order valence-electron chi connectivity index (χ0n) is 15.8. The van der Waals surface area contributed by atoms with Crippen LogP contribution in [0.15, 0.2) is 24.3 Å². The van der Waals surface area contributed by atoms with E-state index < -0.39 is 0 Å². The molecule has 1 aromatic rings. The number of benzene rings is 1. The Bertz CT molecular complexity index is 563. The summed E-state index contributed by atoms with van der Waals surface area (Å²) in [5.41, 5.74) is 8.39. The number of carbonyl (C=O) groups excluding carboxylic acids is 1. The largest absolute Gasteiger partial charge is 0.393 e. The lowest BCUT2D eigenvalue weighted by molar-refractivity contribution is -0.126. The second-order valence-electron chi connectivity index (χ2n) is 7.67.